The molecule has 7 heteroatoms. The fourth-order valence-corrected chi connectivity index (χ4v) is 4.88. The molecule has 1 saturated carbocycles. The highest BCUT2D eigenvalue weighted by atomic mass is 32.2. The number of hydrogen-bond acceptors (Lipinski definition) is 4. The zero-order valence-electron chi connectivity index (χ0n) is 17.6. The van der Waals surface area contributed by atoms with E-state index in [2.05, 4.69) is 9.71 Å². The van der Waals surface area contributed by atoms with E-state index in [1.807, 2.05) is 30.0 Å². The van der Waals surface area contributed by atoms with Gasteiger partial charge in [-0.05, 0) is 79.8 Å². The Morgan fingerprint density at radius 1 is 1.10 bits per heavy atom. The van der Waals surface area contributed by atoms with Gasteiger partial charge in [0.2, 0.25) is 0 Å². The van der Waals surface area contributed by atoms with E-state index in [9.17, 15) is 13.2 Å². The van der Waals surface area contributed by atoms with Crippen molar-refractivity contribution in [3.63, 3.8) is 0 Å². The van der Waals surface area contributed by atoms with E-state index in [4.69, 9.17) is 0 Å². The molecular formula is C24H25N3O3S. The zero-order chi connectivity index (χ0) is 22.0. The third-order valence-corrected chi connectivity index (χ3v) is 6.86. The number of pyridine rings is 1. The van der Waals surface area contributed by atoms with Gasteiger partial charge in [-0.25, -0.2) is 8.42 Å². The molecule has 0 spiro atoms. The van der Waals surface area contributed by atoms with Gasteiger partial charge in [0.05, 0.1) is 4.90 Å². The van der Waals surface area contributed by atoms with Crippen molar-refractivity contribution in [2.45, 2.75) is 44.2 Å². The normalized spacial score (nSPS) is 13.6. The Labute approximate surface area is 183 Å². The molecular weight excluding hydrogens is 410 g/mol. The Hall–Kier alpha value is -3.19. The largest absolute Gasteiger partial charge is 0.331 e. The average molecular weight is 436 g/mol. The molecule has 0 saturated heterocycles. The fourth-order valence-electron chi connectivity index (χ4n) is 3.49. The molecule has 6 nitrogen and oxygen atoms in total. The second-order valence-electron chi connectivity index (χ2n) is 7.98. The van der Waals surface area contributed by atoms with Crippen LogP contribution in [0, 0.1) is 13.8 Å². The van der Waals surface area contributed by atoms with E-state index >= 15 is 0 Å². The fraction of sp³-hybridized carbons (Fsp3) is 0.250. The highest BCUT2D eigenvalue weighted by Gasteiger charge is 2.33. The summed E-state index contributed by atoms with van der Waals surface area (Å²) in [5.74, 6) is -0.0599. The molecule has 0 atom stereocenters. The number of aromatic nitrogens is 1. The van der Waals surface area contributed by atoms with Gasteiger partial charge in [0.15, 0.2) is 0 Å². The van der Waals surface area contributed by atoms with Crippen LogP contribution in [0.3, 0.4) is 0 Å². The molecule has 1 aromatic heterocycles. The molecule has 0 aliphatic heterocycles. The van der Waals surface area contributed by atoms with E-state index in [0.29, 0.717) is 23.4 Å². The van der Waals surface area contributed by atoms with Crippen molar-refractivity contribution >= 4 is 21.6 Å². The Kier molecular flexibility index (Phi) is 5.78. The molecule has 4 rings (SSSR count). The zero-order valence-corrected chi connectivity index (χ0v) is 18.4. The lowest BCUT2D eigenvalue weighted by Crippen LogP contribution is -2.32. The molecule has 1 heterocycles. The quantitative estimate of drug-likeness (QED) is 0.600. The first-order chi connectivity index (χ1) is 14.8. The number of hydrogen-bond donors (Lipinski definition) is 1. The first-order valence-corrected chi connectivity index (χ1v) is 11.7. The molecule has 0 radical (unpaired) electrons. The van der Waals surface area contributed by atoms with Crippen molar-refractivity contribution in [2.24, 2.45) is 0 Å². The van der Waals surface area contributed by atoms with Gasteiger partial charge in [-0.2, -0.15) is 0 Å². The van der Waals surface area contributed by atoms with Crippen molar-refractivity contribution < 1.29 is 13.2 Å². The molecule has 0 bridgehead atoms. The minimum Gasteiger partial charge on any atom is -0.331 e. The molecule has 1 aliphatic rings. The maximum Gasteiger partial charge on any atom is 0.262 e. The first kappa shape index (κ1) is 21.1. The Morgan fingerprint density at radius 3 is 2.48 bits per heavy atom. The Bertz CT molecular complexity index is 1190. The van der Waals surface area contributed by atoms with E-state index in [1.165, 1.54) is 0 Å². The lowest BCUT2D eigenvalue weighted by molar-refractivity contribution is 0.0730. The van der Waals surface area contributed by atoms with Crippen molar-refractivity contribution in [3.8, 4) is 0 Å². The summed E-state index contributed by atoms with van der Waals surface area (Å²) in [6.45, 7) is 4.14. The summed E-state index contributed by atoms with van der Waals surface area (Å²) in [4.78, 5) is 19.3. The van der Waals surface area contributed by atoms with E-state index in [-0.39, 0.29) is 16.8 Å². The lowest BCUT2D eigenvalue weighted by Gasteiger charge is -2.22. The second kappa shape index (κ2) is 8.51. The number of amides is 1. The number of rotatable bonds is 7. The van der Waals surface area contributed by atoms with E-state index in [0.717, 1.165) is 24.0 Å². The number of aryl methyl sites for hydroxylation is 2. The third-order valence-electron chi connectivity index (χ3n) is 5.34. The summed E-state index contributed by atoms with van der Waals surface area (Å²) in [6, 6.07) is 16.0. The van der Waals surface area contributed by atoms with Crippen molar-refractivity contribution in [2.75, 3.05) is 4.72 Å². The van der Waals surface area contributed by atoms with Crippen LogP contribution < -0.4 is 4.72 Å². The Morgan fingerprint density at radius 2 is 1.84 bits per heavy atom. The van der Waals surface area contributed by atoms with Crippen molar-refractivity contribution in [1.29, 1.82) is 0 Å². The molecule has 31 heavy (non-hydrogen) atoms. The van der Waals surface area contributed by atoms with Crippen LogP contribution in [0.2, 0.25) is 0 Å². The molecule has 1 amide bonds. The lowest BCUT2D eigenvalue weighted by atomic mass is 10.1. The molecule has 3 aromatic rings. The summed E-state index contributed by atoms with van der Waals surface area (Å²) in [6.07, 6.45) is 5.48. The summed E-state index contributed by atoms with van der Waals surface area (Å²) in [5, 5.41) is 0. The summed E-state index contributed by atoms with van der Waals surface area (Å²) >= 11 is 0. The number of sulfonamides is 1. The van der Waals surface area contributed by atoms with Crippen LogP contribution in [0.5, 0.6) is 0 Å². The second-order valence-corrected chi connectivity index (χ2v) is 9.63. The van der Waals surface area contributed by atoms with Crippen LogP contribution in [-0.4, -0.2) is 30.3 Å². The number of nitrogens with one attached hydrogen (secondary N) is 1. The summed E-state index contributed by atoms with van der Waals surface area (Å²) in [5.41, 5.74) is 3.50. The van der Waals surface area contributed by atoms with Crippen LogP contribution in [0.1, 0.15) is 39.9 Å². The maximum atomic E-state index is 13.1. The van der Waals surface area contributed by atoms with Gasteiger partial charge in [0.25, 0.3) is 15.9 Å². The predicted molar refractivity (Wildman–Crippen MR) is 120 cm³/mol. The molecule has 0 unspecified atom stereocenters. The van der Waals surface area contributed by atoms with Crippen LogP contribution >= 0.6 is 0 Å². The van der Waals surface area contributed by atoms with Gasteiger partial charge >= 0.3 is 0 Å². The van der Waals surface area contributed by atoms with Gasteiger partial charge in [-0.1, -0.05) is 18.2 Å². The van der Waals surface area contributed by atoms with E-state index in [1.54, 1.807) is 55.7 Å². The van der Waals surface area contributed by atoms with Crippen LogP contribution in [-0.2, 0) is 16.6 Å². The molecule has 1 aliphatic carbocycles. The monoisotopic (exact) mass is 435 g/mol. The maximum absolute atomic E-state index is 13.1. The van der Waals surface area contributed by atoms with Gasteiger partial charge in [0, 0.05) is 36.2 Å². The molecule has 1 fully saturated rings. The number of nitrogens with zero attached hydrogens (tertiary/aromatic N) is 2. The smallest absolute Gasteiger partial charge is 0.262 e. The molecule has 2 aromatic carbocycles. The minimum absolute atomic E-state index is 0.0599. The van der Waals surface area contributed by atoms with E-state index < -0.39 is 10.0 Å². The number of carbonyl (C=O) groups is 1. The third kappa shape index (κ3) is 4.94. The average Bonchev–Trinajstić information content (AvgIpc) is 3.59. The first-order valence-electron chi connectivity index (χ1n) is 10.2. The molecule has 1 N–H and O–H groups in total. The van der Waals surface area contributed by atoms with Crippen LogP contribution in [0.15, 0.2) is 71.9 Å². The number of anilines is 1. The standard InChI is InChI=1S/C24H25N3O3S/c1-17-5-6-18(2)23(14-17)31(29,30)26-21-9-7-20(8-10-21)24(28)27(22-11-12-22)16-19-4-3-13-25-15-19/h3-10,13-15,22,26H,11-12,16H2,1-2H3. The van der Waals surface area contributed by atoms with Gasteiger partial charge in [0.1, 0.15) is 0 Å². The van der Waals surface area contributed by atoms with Gasteiger partial charge in [-0.15, -0.1) is 0 Å². The highest BCUT2D eigenvalue weighted by Crippen LogP contribution is 2.30. The van der Waals surface area contributed by atoms with Crippen molar-refractivity contribution in [1.82, 2.24) is 9.88 Å². The topological polar surface area (TPSA) is 79.4 Å². The predicted octanol–water partition coefficient (Wildman–Crippen LogP) is 4.30. The van der Waals surface area contributed by atoms with Crippen LogP contribution in [0.4, 0.5) is 5.69 Å². The highest BCUT2D eigenvalue weighted by molar-refractivity contribution is 7.92. The van der Waals surface area contributed by atoms with Gasteiger partial charge < -0.3 is 4.90 Å². The number of carbonyl (C=O) groups excluding carboxylic acids is 1. The Balaban J connectivity index is 1.50. The number of benzene rings is 2. The SMILES string of the molecule is Cc1ccc(C)c(S(=O)(=O)Nc2ccc(C(=O)N(Cc3cccnc3)C3CC3)cc2)c1. The summed E-state index contributed by atoms with van der Waals surface area (Å²) < 4.78 is 28.2. The van der Waals surface area contributed by atoms with Crippen LogP contribution in [0.25, 0.3) is 0 Å². The molecule has 160 valence electrons. The van der Waals surface area contributed by atoms with Gasteiger partial charge in [-0.3, -0.25) is 14.5 Å². The summed E-state index contributed by atoms with van der Waals surface area (Å²) in [7, 11) is -3.71. The minimum atomic E-state index is -3.71. The van der Waals surface area contributed by atoms with Crippen molar-refractivity contribution in [3.05, 3.63) is 89.2 Å².